The zero-order chi connectivity index (χ0) is 19.3. The van der Waals surface area contributed by atoms with Crippen LogP contribution in [0.2, 0.25) is 0 Å². The summed E-state index contributed by atoms with van der Waals surface area (Å²) in [5.41, 5.74) is 1.32. The number of rotatable bonds is 5. The second-order valence-corrected chi connectivity index (χ2v) is 7.60. The maximum atomic E-state index is 12.3. The Kier molecular flexibility index (Phi) is 5.55. The van der Waals surface area contributed by atoms with Gasteiger partial charge in [-0.1, -0.05) is 54.8 Å². The summed E-state index contributed by atoms with van der Waals surface area (Å²) in [5.74, 6) is -0.249. The Hall–Kier alpha value is -2.90. The van der Waals surface area contributed by atoms with Crippen molar-refractivity contribution < 1.29 is 9.59 Å². The van der Waals surface area contributed by atoms with Crippen LogP contribution >= 0.6 is 0 Å². The van der Waals surface area contributed by atoms with Crippen LogP contribution in [0.1, 0.15) is 54.2 Å². The summed E-state index contributed by atoms with van der Waals surface area (Å²) >= 11 is 0. The fourth-order valence-corrected chi connectivity index (χ4v) is 3.73. The first-order valence-corrected chi connectivity index (χ1v) is 9.98. The van der Waals surface area contributed by atoms with Gasteiger partial charge in [-0.05, 0) is 18.4 Å². The van der Waals surface area contributed by atoms with Gasteiger partial charge in [0.05, 0.1) is 12.2 Å². The van der Waals surface area contributed by atoms with Crippen molar-refractivity contribution in [2.24, 2.45) is 0 Å². The van der Waals surface area contributed by atoms with E-state index in [1.165, 1.54) is 19.3 Å². The van der Waals surface area contributed by atoms with Crippen LogP contribution in [0.15, 0.2) is 36.5 Å². The Balaban J connectivity index is 1.24. The van der Waals surface area contributed by atoms with Crippen LogP contribution in [0.25, 0.3) is 0 Å². The number of nitrogens with one attached hydrogen (secondary N) is 2. The molecule has 1 aromatic heterocycles. The predicted octanol–water partition coefficient (Wildman–Crippen LogP) is 2.11. The molecule has 8 nitrogen and oxygen atoms in total. The van der Waals surface area contributed by atoms with Crippen molar-refractivity contribution in [1.82, 2.24) is 30.5 Å². The normalized spacial score (nSPS) is 17.8. The third-order valence-electron chi connectivity index (χ3n) is 5.50. The van der Waals surface area contributed by atoms with Gasteiger partial charge in [0.2, 0.25) is 0 Å². The van der Waals surface area contributed by atoms with Gasteiger partial charge in [0.15, 0.2) is 5.69 Å². The number of likely N-dealkylation sites (tertiary alicyclic amines) is 1. The average molecular weight is 382 g/mol. The summed E-state index contributed by atoms with van der Waals surface area (Å²) in [4.78, 5) is 26.3. The molecule has 2 fully saturated rings. The summed E-state index contributed by atoms with van der Waals surface area (Å²) in [5, 5.41) is 14.0. The molecule has 148 valence electrons. The van der Waals surface area contributed by atoms with Gasteiger partial charge >= 0.3 is 6.03 Å². The summed E-state index contributed by atoms with van der Waals surface area (Å²) in [7, 11) is 0. The minimum Gasteiger partial charge on any atom is -0.347 e. The highest BCUT2D eigenvalue weighted by molar-refractivity contribution is 5.91. The molecule has 2 aliphatic rings. The Bertz CT molecular complexity index is 809. The average Bonchev–Trinajstić information content (AvgIpc) is 3.16. The van der Waals surface area contributed by atoms with E-state index in [0.717, 1.165) is 18.4 Å². The molecule has 1 aliphatic carbocycles. The maximum Gasteiger partial charge on any atom is 0.317 e. The fraction of sp³-hybridized carbons (Fsp3) is 0.500. The molecule has 1 aliphatic heterocycles. The van der Waals surface area contributed by atoms with Crippen molar-refractivity contribution in [3.05, 3.63) is 47.8 Å². The first-order valence-electron chi connectivity index (χ1n) is 9.98. The van der Waals surface area contributed by atoms with Crippen LogP contribution in [0, 0.1) is 0 Å². The van der Waals surface area contributed by atoms with Gasteiger partial charge in [-0.3, -0.25) is 4.79 Å². The van der Waals surface area contributed by atoms with E-state index >= 15 is 0 Å². The molecule has 4 rings (SSSR count). The second-order valence-electron chi connectivity index (χ2n) is 7.60. The molecule has 1 saturated heterocycles. The largest absolute Gasteiger partial charge is 0.347 e. The third-order valence-corrected chi connectivity index (χ3v) is 5.50. The molecule has 2 N–H and O–H groups in total. The van der Waals surface area contributed by atoms with E-state index in [0.29, 0.717) is 31.4 Å². The molecular formula is C20H26N6O2. The molecule has 0 atom stereocenters. The molecule has 1 aromatic carbocycles. The van der Waals surface area contributed by atoms with E-state index < -0.39 is 0 Å². The van der Waals surface area contributed by atoms with Crippen molar-refractivity contribution in [1.29, 1.82) is 0 Å². The Labute approximate surface area is 164 Å². The molecule has 2 heterocycles. The fourth-order valence-electron chi connectivity index (χ4n) is 3.73. The molecule has 2 aromatic rings. The minimum absolute atomic E-state index is 0.00379. The number of urea groups is 1. The number of amides is 3. The number of aromatic nitrogens is 3. The van der Waals surface area contributed by atoms with Crippen LogP contribution in [-0.4, -0.2) is 51.0 Å². The van der Waals surface area contributed by atoms with Gasteiger partial charge in [0.25, 0.3) is 5.91 Å². The third kappa shape index (κ3) is 4.32. The van der Waals surface area contributed by atoms with Crippen molar-refractivity contribution in [2.75, 3.05) is 13.1 Å². The number of hydrogen-bond donors (Lipinski definition) is 2. The van der Waals surface area contributed by atoms with Crippen molar-refractivity contribution in [3.8, 4) is 0 Å². The standard InChI is InChI=1S/C20H26N6O2/c27-19(21-11-15-7-3-1-4-8-15)18-14-26(24-23-18)17-12-25(13-17)20(28)22-16-9-5-2-6-10-16/h1,3-4,7-8,14,16-17H,2,5-6,9-13H2,(H,21,27)(H,22,28). The molecule has 28 heavy (non-hydrogen) atoms. The lowest BCUT2D eigenvalue weighted by molar-refractivity contribution is 0.0945. The summed E-state index contributed by atoms with van der Waals surface area (Å²) in [6, 6.07) is 10.1. The number of benzene rings is 1. The van der Waals surface area contributed by atoms with Crippen molar-refractivity contribution >= 4 is 11.9 Å². The van der Waals surface area contributed by atoms with E-state index in [2.05, 4.69) is 20.9 Å². The second kappa shape index (κ2) is 8.41. The van der Waals surface area contributed by atoms with Gasteiger partial charge in [-0.2, -0.15) is 0 Å². The lowest BCUT2D eigenvalue weighted by Gasteiger charge is -2.39. The SMILES string of the molecule is O=C(NCc1ccccc1)c1cn(C2CN(C(=O)NC3CCCCC3)C2)nn1. The van der Waals surface area contributed by atoms with E-state index in [9.17, 15) is 9.59 Å². The molecule has 0 bridgehead atoms. The van der Waals surface area contributed by atoms with E-state index in [4.69, 9.17) is 0 Å². The Morgan fingerprint density at radius 3 is 2.57 bits per heavy atom. The molecule has 0 spiro atoms. The zero-order valence-corrected chi connectivity index (χ0v) is 15.9. The van der Waals surface area contributed by atoms with Gasteiger partial charge < -0.3 is 15.5 Å². The highest BCUT2D eigenvalue weighted by Crippen LogP contribution is 2.22. The highest BCUT2D eigenvalue weighted by atomic mass is 16.2. The first kappa shape index (κ1) is 18.5. The molecule has 8 heteroatoms. The number of carbonyl (C=O) groups excluding carboxylic acids is 2. The van der Waals surface area contributed by atoms with Crippen LogP contribution in [0.4, 0.5) is 4.79 Å². The summed E-state index contributed by atoms with van der Waals surface area (Å²) in [6.45, 7) is 1.63. The van der Waals surface area contributed by atoms with Crippen LogP contribution in [0.5, 0.6) is 0 Å². The summed E-state index contributed by atoms with van der Waals surface area (Å²) in [6.07, 6.45) is 7.47. The number of hydrogen-bond acceptors (Lipinski definition) is 4. The van der Waals surface area contributed by atoms with Gasteiger partial charge in [0.1, 0.15) is 0 Å². The quantitative estimate of drug-likeness (QED) is 0.828. The summed E-state index contributed by atoms with van der Waals surface area (Å²) < 4.78 is 1.68. The predicted molar refractivity (Wildman–Crippen MR) is 104 cm³/mol. The zero-order valence-electron chi connectivity index (χ0n) is 15.9. The smallest absolute Gasteiger partial charge is 0.317 e. The molecular weight excluding hydrogens is 356 g/mol. The Morgan fingerprint density at radius 1 is 1.07 bits per heavy atom. The number of carbonyl (C=O) groups is 2. The van der Waals surface area contributed by atoms with Crippen molar-refractivity contribution in [2.45, 2.75) is 50.7 Å². The van der Waals surface area contributed by atoms with Gasteiger partial charge in [-0.15, -0.1) is 5.10 Å². The lowest BCUT2D eigenvalue weighted by atomic mass is 9.95. The molecule has 3 amide bonds. The molecule has 0 radical (unpaired) electrons. The molecule has 0 unspecified atom stereocenters. The lowest BCUT2D eigenvalue weighted by Crippen LogP contribution is -2.56. The Morgan fingerprint density at radius 2 is 1.82 bits per heavy atom. The van der Waals surface area contributed by atoms with E-state index in [-0.39, 0.29) is 18.0 Å². The number of nitrogens with zero attached hydrogens (tertiary/aromatic N) is 4. The minimum atomic E-state index is -0.249. The van der Waals surface area contributed by atoms with E-state index in [1.54, 1.807) is 15.8 Å². The van der Waals surface area contributed by atoms with Gasteiger partial charge in [0, 0.05) is 25.7 Å². The van der Waals surface area contributed by atoms with Gasteiger partial charge in [-0.25, -0.2) is 9.48 Å². The van der Waals surface area contributed by atoms with E-state index in [1.807, 2.05) is 30.3 Å². The van der Waals surface area contributed by atoms with Crippen LogP contribution < -0.4 is 10.6 Å². The highest BCUT2D eigenvalue weighted by Gasteiger charge is 2.34. The molecule has 1 saturated carbocycles. The monoisotopic (exact) mass is 382 g/mol. The topological polar surface area (TPSA) is 92.2 Å². The van der Waals surface area contributed by atoms with Crippen LogP contribution in [-0.2, 0) is 6.54 Å². The van der Waals surface area contributed by atoms with Crippen molar-refractivity contribution in [3.63, 3.8) is 0 Å². The van der Waals surface area contributed by atoms with Crippen LogP contribution in [0.3, 0.4) is 0 Å². The first-order chi connectivity index (χ1) is 13.7. The maximum absolute atomic E-state index is 12.3.